The third-order valence-electron chi connectivity index (χ3n) is 1.75. The first-order valence-corrected chi connectivity index (χ1v) is 6.14. The van der Waals surface area contributed by atoms with Crippen molar-refractivity contribution in [1.29, 1.82) is 0 Å². The Labute approximate surface area is 101 Å². The number of hydrogen-bond acceptors (Lipinski definition) is 0. The summed E-state index contributed by atoms with van der Waals surface area (Å²) >= 11 is 1.62. The predicted octanol–water partition coefficient (Wildman–Crippen LogP) is 4.00. The average molecular weight is 339 g/mol. The van der Waals surface area contributed by atoms with E-state index in [2.05, 4.69) is 19.9 Å². The van der Waals surface area contributed by atoms with Crippen LogP contribution in [-0.2, 0) is 0 Å². The summed E-state index contributed by atoms with van der Waals surface area (Å²) in [5.74, 6) is 0. The molecule has 0 amide bonds. The molecule has 0 atom stereocenters. The summed E-state index contributed by atoms with van der Waals surface area (Å²) in [5.41, 5.74) is 0. The second-order valence-corrected chi connectivity index (χ2v) is 4.81. The number of unbranched alkanes of at least 4 members (excludes halogenated alkanes) is 3. The number of hydrogen-bond donors (Lipinski definition) is 0. The molecule has 0 spiro atoms. The molecule has 0 fully saturated rings. The van der Waals surface area contributed by atoms with E-state index >= 15 is 0 Å². The van der Waals surface area contributed by atoms with E-state index in [1.165, 1.54) is 38.5 Å². The first-order valence-electron chi connectivity index (χ1n) is 4.71. The van der Waals surface area contributed by atoms with Gasteiger partial charge in [-0.05, 0) is 0 Å². The fourth-order valence-electron chi connectivity index (χ4n) is 0.950. The van der Waals surface area contributed by atoms with Gasteiger partial charge in [0.1, 0.15) is 0 Å². The van der Waals surface area contributed by atoms with E-state index < -0.39 is 0 Å². The topological polar surface area (TPSA) is 0 Å². The molecule has 0 saturated carbocycles. The monoisotopic (exact) mass is 339 g/mol. The van der Waals surface area contributed by atoms with E-state index in [1.54, 1.807) is 26.1 Å². The summed E-state index contributed by atoms with van der Waals surface area (Å²) in [5, 5.41) is 0. The van der Waals surface area contributed by atoms with Gasteiger partial charge in [-0.15, -0.1) is 17.0 Å². The van der Waals surface area contributed by atoms with Gasteiger partial charge in [-0.25, -0.2) is 0 Å². The first kappa shape index (κ1) is 15.5. The van der Waals surface area contributed by atoms with Crippen LogP contribution in [0.25, 0.3) is 0 Å². The van der Waals surface area contributed by atoms with Crippen molar-refractivity contribution in [2.45, 2.75) is 52.4 Å². The van der Waals surface area contributed by atoms with Crippen molar-refractivity contribution < 1.29 is 0 Å². The van der Waals surface area contributed by atoms with Crippen molar-refractivity contribution in [2.75, 3.05) is 0 Å². The van der Waals surface area contributed by atoms with E-state index in [9.17, 15) is 0 Å². The van der Waals surface area contributed by atoms with Crippen LogP contribution in [0.1, 0.15) is 52.4 Å². The zero-order valence-corrected chi connectivity index (χ0v) is 12.8. The Balaban J connectivity index is 0. The Morgan fingerprint density at radius 1 is 1.17 bits per heavy atom. The van der Waals surface area contributed by atoms with Crippen LogP contribution in [0.4, 0.5) is 0 Å². The van der Waals surface area contributed by atoms with Gasteiger partial charge < -0.3 is 0 Å². The number of rotatable bonds is 6. The quantitative estimate of drug-likeness (QED) is 0.507. The Hall–Kier alpha value is 1.02. The number of halogens is 1. The van der Waals surface area contributed by atoms with E-state index in [-0.39, 0.29) is 17.0 Å². The van der Waals surface area contributed by atoms with Crippen LogP contribution < -0.4 is 0 Å². The second-order valence-electron chi connectivity index (χ2n) is 2.98. The summed E-state index contributed by atoms with van der Waals surface area (Å²) < 4.78 is 1.67. The molecule has 2 heteroatoms. The summed E-state index contributed by atoms with van der Waals surface area (Å²) in [6, 6.07) is 0. The molecule has 0 aliphatic rings. The van der Waals surface area contributed by atoms with Crippen molar-refractivity contribution in [2.24, 2.45) is 0 Å². The maximum absolute atomic E-state index is 2.44. The second kappa shape index (κ2) is 12.0. The van der Waals surface area contributed by atoms with Crippen LogP contribution in [0.2, 0.25) is 0 Å². The Morgan fingerprint density at radius 2 is 1.75 bits per heavy atom. The van der Waals surface area contributed by atoms with Gasteiger partial charge >= 0.3 is 84.6 Å². The summed E-state index contributed by atoms with van der Waals surface area (Å²) in [6.45, 7) is 4.51. The predicted molar refractivity (Wildman–Crippen MR) is 63.2 cm³/mol. The van der Waals surface area contributed by atoms with Gasteiger partial charge in [0.05, 0.1) is 0 Å². The van der Waals surface area contributed by atoms with E-state index in [1.807, 2.05) is 0 Å². The van der Waals surface area contributed by atoms with Crippen molar-refractivity contribution in [3.8, 4) is 0 Å². The SMILES string of the molecule is Br.CCCCC=[C]([Sn])CCCC. The molecule has 71 valence electrons. The van der Waals surface area contributed by atoms with Gasteiger partial charge in [-0.1, -0.05) is 0 Å². The molecule has 0 aromatic carbocycles. The Morgan fingerprint density at radius 3 is 2.25 bits per heavy atom. The van der Waals surface area contributed by atoms with Gasteiger partial charge in [0.15, 0.2) is 0 Å². The van der Waals surface area contributed by atoms with Crippen LogP contribution in [0.5, 0.6) is 0 Å². The third-order valence-corrected chi connectivity index (χ3v) is 3.04. The molecule has 0 rings (SSSR count). The van der Waals surface area contributed by atoms with Gasteiger partial charge in [-0.3, -0.25) is 0 Å². The van der Waals surface area contributed by atoms with Gasteiger partial charge in [-0.2, -0.15) is 0 Å². The zero-order chi connectivity index (χ0) is 8.53. The minimum atomic E-state index is 0. The molecule has 0 aromatic rings. The standard InChI is InChI=1S/C10H19.BrH.Sn/c1-3-5-7-9-10-8-6-4-2;;/h9H,3-8H2,1-2H3;1H;. The Kier molecular flexibility index (Phi) is 15.5. The normalized spacial score (nSPS) is 11.1. The summed E-state index contributed by atoms with van der Waals surface area (Å²) in [6.07, 6.45) is 10.5. The molecule has 0 saturated heterocycles. The summed E-state index contributed by atoms with van der Waals surface area (Å²) in [7, 11) is 0. The van der Waals surface area contributed by atoms with E-state index in [0.717, 1.165) is 0 Å². The zero-order valence-electron chi connectivity index (χ0n) is 8.23. The van der Waals surface area contributed by atoms with Crippen LogP contribution in [-0.4, -0.2) is 22.5 Å². The minimum absolute atomic E-state index is 0. The van der Waals surface area contributed by atoms with Gasteiger partial charge in [0.25, 0.3) is 0 Å². The molecule has 0 aliphatic heterocycles. The van der Waals surface area contributed by atoms with Crippen LogP contribution in [0.3, 0.4) is 0 Å². The Bertz CT molecular complexity index is 110. The van der Waals surface area contributed by atoms with Gasteiger partial charge in [0, 0.05) is 0 Å². The molecule has 0 heterocycles. The fourth-order valence-corrected chi connectivity index (χ4v) is 1.87. The molecular formula is C10H20BrSn. The van der Waals surface area contributed by atoms with Gasteiger partial charge in [0.2, 0.25) is 0 Å². The van der Waals surface area contributed by atoms with Crippen molar-refractivity contribution in [3.63, 3.8) is 0 Å². The van der Waals surface area contributed by atoms with Crippen molar-refractivity contribution >= 4 is 39.5 Å². The maximum atomic E-state index is 2.44. The fraction of sp³-hybridized carbons (Fsp3) is 0.800. The molecular weight excluding hydrogens is 319 g/mol. The molecule has 3 radical (unpaired) electrons. The molecule has 0 N–H and O–H groups in total. The third kappa shape index (κ3) is 11.0. The summed E-state index contributed by atoms with van der Waals surface area (Å²) in [4.78, 5) is 0. The van der Waals surface area contributed by atoms with Crippen LogP contribution >= 0.6 is 17.0 Å². The van der Waals surface area contributed by atoms with Crippen LogP contribution in [0, 0.1) is 0 Å². The van der Waals surface area contributed by atoms with Crippen molar-refractivity contribution in [3.05, 3.63) is 9.67 Å². The van der Waals surface area contributed by atoms with Crippen LogP contribution in [0.15, 0.2) is 9.67 Å². The number of allylic oxidation sites excluding steroid dienone is 2. The van der Waals surface area contributed by atoms with Crippen molar-refractivity contribution in [1.82, 2.24) is 0 Å². The van der Waals surface area contributed by atoms with E-state index in [4.69, 9.17) is 0 Å². The first-order chi connectivity index (χ1) is 5.31. The van der Waals surface area contributed by atoms with E-state index in [0.29, 0.717) is 0 Å². The molecule has 0 nitrogen and oxygen atoms in total. The average Bonchev–Trinajstić information content (AvgIpc) is 2.01. The molecule has 0 aromatic heterocycles. The molecule has 0 aliphatic carbocycles. The molecule has 0 bridgehead atoms. The molecule has 12 heavy (non-hydrogen) atoms. The molecule has 0 unspecified atom stereocenters.